The lowest BCUT2D eigenvalue weighted by Gasteiger charge is -2.30. The molecule has 0 fully saturated rings. The van der Waals surface area contributed by atoms with Crippen LogP contribution in [0.2, 0.25) is 0 Å². The number of aromatic amines is 1. The summed E-state index contributed by atoms with van der Waals surface area (Å²) >= 11 is 0. The van der Waals surface area contributed by atoms with Crippen LogP contribution < -0.4 is 10.1 Å². The summed E-state index contributed by atoms with van der Waals surface area (Å²) < 4.78 is 33.0. The molecule has 0 bridgehead atoms. The van der Waals surface area contributed by atoms with E-state index in [0.29, 0.717) is 24.8 Å². The Bertz CT molecular complexity index is 1450. The number of hydrogen-bond donors (Lipinski definition) is 2. The summed E-state index contributed by atoms with van der Waals surface area (Å²) in [4.78, 5) is 33.0. The number of hydrogen-bond acceptors (Lipinski definition) is 3. The number of rotatable bonds is 10. The predicted molar refractivity (Wildman–Crippen MR) is 148 cm³/mol. The molecule has 0 aliphatic carbocycles. The highest BCUT2D eigenvalue weighted by molar-refractivity contribution is 5.92. The Morgan fingerprint density at radius 3 is 2.49 bits per heavy atom. The van der Waals surface area contributed by atoms with Crippen LogP contribution in [0.1, 0.15) is 25.0 Å². The summed E-state index contributed by atoms with van der Waals surface area (Å²) in [6.45, 7) is 3.99. The van der Waals surface area contributed by atoms with Gasteiger partial charge in [0, 0.05) is 47.9 Å². The number of fused-ring (bicyclic) bond motifs is 1. The Morgan fingerprint density at radius 1 is 1.00 bits per heavy atom. The van der Waals surface area contributed by atoms with E-state index in [1.807, 2.05) is 54.7 Å². The van der Waals surface area contributed by atoms with Gasteiger partial charge in [0.15, 0.2) is 0 Å². The van der Waals surface area contributed by atoms with Gasteiger partial charge in [-0.05, 0) is 50.1 Å². The molecule has 0 unspecified atom stereocenters. The van der Waals surface area contributed by atoms with Crippen LogP contribution in [-0.4, -0.2) is 53.0 Å². The normalized spacial score (nSPS) is 11.0. The first kappa shape index (κ1) is 27.6. The number of benzene rings is 3. The average Bonchev–Trinajstić information content (AvgIpc) is 3.34. The molecule has 0 spiro atoms. The van der Waals surface area contributed by atoms with Gasteiger partial charge in [-0.15, -0.1) is 0 Å². The zero-order valence-electron chi connectivity index (χ0n) is 22.2. The smallest absolute Gasteiger partial charge is 0.322 e. The van der Waals surface area contributed by atoms with Crippen LogP contribution in [0.4, 0.5) is 19.3 Å². The maximum atomic E-state index is 14.2. The van der Waals surface area contributed by atoms with Crippen molar-refractivity contribution in [3.63, 3.8) is 0 Å². The second kappa shape index (κ2) is 12.4. The number of carbonyl (C=O) groups excluding carboxylic acids is 2. The lowest BCUT2D eigenvalue weighted by atomic mass is 10.1. The molecular formula is C30H32F2N4O3. The molecule has 1 aromatic heterocycles. The molecule has 3 aromatic carbocycles. The first-order chi connectivity index (χ1) is 18.8. The van der Waals surface area contributed by atoms with E-state index in [2.05, 4.69) is 10.3 Å². The number of para-hydroxylation sites is 2. The summed E-state index contributed by atoms with van der Waals surface area (Å²) in [6, 6.07) is 17.3. The summed E-state index contributed by atoms with van der Waals surface area (Å²) in [5, 5.41) is 3.55. The molecule has 204 valence electrons. The van der Waals surface area contributed by atoms with E-state index in [-0.39, 0.29) is 30.7 Å². The lowest BCUT2D eigenvalue weighted by molar-refractivity contribution is -0.132. The molecule has 2 N–H and O–H groups in total. The monoisotopic (exact) mass is 534 g/mol. The van der Waals surface area contributed by atoms with E-state index < -0.39 is 17.7 Å². The maximum absolute atomic E-state index is 14.2. The van der Waals surface area contributed by atoms with Crippen molar-refractivity contribution < 1.29 is 23.1 Å². The molecule has 0 aliphatic heterocycles. The fourth-order valence-electron chi connectivity index (χ4n) is 4.44. The number of halogens is 2. The van der Waals surface area contributed by atoms with Crippen LogP contribution >= 0.6 is 0 Å². The molecular weight excluding hydrogens is 502 g/mol. The molecule has 0 saturated heterocycles. The molecule has 0 atom stereocenters. The van der Waals surface area contributed by atoms with Crippen molar-refractivity contribution in [3.8, 4) is 5.75 Å². The molecule has 4 rings (SSSR count). The highest BCUT2D eigenvalue weighted by Crippen LogP contribution is 2.22. The van der Waals surface area contributed by atoms with Crippen molar-refractivity contribution >= 4 is 28.5 Å². The van der Waals surface area contributed by atoms with Gasteiger partial charge >= 0.3 is 6.03 Å². The van der Waals surface area contributed by atoms with Crippen LogP contribution in [0, 0.1) is 11.6 Å². The fraction of sp³-hybridized carbons (Fsp3) is 0.267. The van der Waals surface area contributed by atoms with Gasteiger partial charge in [-0.3, -0.25) is 4.79 Å². The number of methoxy groups -OCH3 is 1. The molecule has 39 heavy (non-hydrogen) atoms. The number of carbonyl (C=O) groups is 2. The van der Waals surface area contributed by atoms with Gasteiger partial charge < -0.3 is 24.8 Å². The lowest BCUT2D eigenvalue weighted by Crippen LogP contribution is -2.47. The zero-order chi connectivity index (χ0) is 27.9. The molecule has 7 nitrogen and oxygen atoms in total. The standard InChI is InChI=1S/C30H32F2N4O3/c1-20(2)36(30(38)34-27-13-12-23(31)16-25(27)32)19-29(37)35(18-22-8-4-7-11-28(22)39-3)15-14-21-17-33-26-10-6-5-9-24(21)26/h4-13,16-17,20,33H,14-15,18-19H2,1-3H3,(H,34,38). The van der Waals surface area contributed by atoms with Gasteiger partial charge in [0.1, 0.15) is 23.9 Å². The third kappa shape index (κ3) is 6.73. The Labute approximate surface area is 226 Å². The number of ether oxygens (including phenoxy) is 1. The summed E-state index contributed by atoms with van der Waals surface area (Å²) in [5.74, 6) is -1.25. The third-order valence-electron chi connectivity index (χ3n) is 6.59. The molecule has 0 aliphatic rings. The minimum Gasteiger partial charge on any atom is -0.496 e. The van der Waals surface area contributed by atoms with Gasteiger partial charge in [-0.25, -0.2) is 13.6 Å². The number of urea groups is 1. The number of aromatic nitrogens is 1. The summed E-state index contributed by atoms with van der Waals surface area (Å²) in [6.07, 6.45) is 2.54. The van der Waals surface area contributed by atoms with E-state index in [9.17, 15) is 18.4 Å². The van der Waals surface area contributed by atoms with Gasteiger partial charge in [0.05, 0.1) is 12.8 Å². The first-order valence-corrected chi connectivity index (χ1v) is 12.7. The van der Waals surface area contributed by atoms with Crippen molar-refractivity contribution in [1.29, 1.82) is 0 Å². The Morgan fingerprint density at radius 2 is 1.74 bits per heavy atom. The number of H-pyrrole nitrogens is 1. The molecule has 3 amide bonds. The molecule has 4 aromatic rings. The topological polar surface area (TPSA) is 77.7 Å². The molecule has 0 saturated carbocycles. The van der Waals surface area contributed by atoms with Crippen LogP contribution in [-0.2, 0) is 17.8 Å². The van der Waals surface area contributed by atoms with Crippen LogP contribution in [0.25, 0.3) is 10.9 Å². The largest absolute Gasteiger partial charge is 0.496 e. The SMILES string of the molecule is COc1ccccc1CN(CCc1c[nH]c2ccccc12)C(=O)CN(C(=O)Nc1ccc(F)cc1F)C(C)C. The van der Waals surface area contributed by atoms with Gasteiger partial charge in [0.2, 0.25) is 5.91 Å². The minimum atomic E-state index is -0.894. The first-order valence-electron chi connectivity index (χ1n) is 12.7. The van der Waals surface area contributed by atoms with Gasteiger partial charge in [-0.1, -0.05) is 36.4 Å². The van der Waals surface area contributed by atoms with E-state index in [1.165, 1.54) is 4.90 Å². The van der Waals surface area contributed by atoms with Crippen molar-refractivity contribution in [2.24, 2.45) is 0 Å². The number of anilines is 1. The number of nitrogens with one attached hydrogen (secondary N) is 2. The van der Waals surface area contributed by atoms with Crippen LogP contribution in [0.5, 0.6) is 5.75 Å². The molecule has 0 radical (unpaired) electrons. The Balaban J connectivity index is 1.54. The van der Waals surface area contributed by atoms with Crippen molar-refractivity contribution in [1.82, 2.24) is 14.8 Å². The van der Waals surface area contributed by atoms with Crippen molar-refractivity contribution in [2.75, 3.05) is 25.5 Å². The van der Waals surface area contributed by atoms with E-state index in [0.717, 1.165) is 34.2 Å². The van der Waals surface area contributed by atoms with Crippen molar-refractivity contribution in [2.45, 2.75) is 32.9 Å². The Kier molecular flexibility index (Phi) is 8.81. The summed E-state index contributed by atoms with van der Waals surface area (Å²) in [5.41, 5.74) is 2.77. The van der Waals surface area contributed by atoms with Crippen LogP contribution in [0.3, 0.4) is 0 Å². The highest BCUT2D eigenvalue weighted by Gasteiger charge is 2.25. The van der Waals surface area contributed by atoms with E-state index >= 15 is 0 Å². The molecule has 1 heterocycles. The fourth-order valence-corrected chi connectivity index (χ4v) is 4.44. The van der Waals surface area contributed by atoms with Crippen LogP contribution in [0.15, 0.2) is 72.9 Å². The van der Waals surface area contributed by atoms with Gasteiger partial charge in [0.25, 0.3) is 0 Å². The predicted octanol–water partition coefficient (Wildman–Crippen LogP) is 5.97. The van der Waals surface area contributed by atoms with E-state index in [4.69, 9.17) is 4.74 Å². The summed E-state index contributed by atoms with van der Waals surface area (Å²) in [7, 11) is 1.58. The van der Waals surface area contributed by atoms with E-state index in [1.54, 1.807) is 25.9 Å². The number of nitrogens with zero attached hydrogens (tertiary/aromatic N) is 2. The average molecular weight is 535 g/mol. The third-order valence-corrected chi connectivity index (χ3v) is 6.59. The zero-order valence-corrected chi connectivity index (χ0v) is 22.2. The minimum absolute atomic E-state index is 0.162. The second-order valence-corrected chi connectivity index (χ2v) is 9.51. The van der Waals surface area contributed by atoms with Crippen molar-refractivity contribution in [3.05, 3.63) is 95.7 Å². The Hall–Kier alpha value is -4.40. The second-order valence-electron chi connectivity index (χ2n) is 9.51. The number of amides is 3. The highest BCUT2D eigenvalue weighted by atomic mass is 19.1. The maximum Gasteiger partial charge on any atom is 0.322 e. The van der Waals surface area contributed by atoms with Gasteiger partial charge in [-0.2, -0.15) is 0 Å². The molecule has 9 heteroatoms. The quantitative estimate of drug-likeness (QED) is 0.263.